The van der Waals surface area contributed by atoms with Crippen molar-refractivity contribution in [2.45, 2.75) is 4.90 Å². The molecule has 0 bridgehead atoms. The molecular formula is C26H33NO10S. The zero-order chi connectivity index (χ0) is 27.1. The molecule has 0 radical (unpaired) electrons. The highest BCUT2D eigenvalue weighted by molar-refractivity contribution is 7.86. The van der Waals surface area contributed by atoms with Crippen LogP contribution in [0.25, 0.3) is 0 Å². The summed E-state index contributed by atoms with van der Waals surface area (Å²) in [6.45, 7) is 3.48. The van der Waals surface area contributed by atoms with E-state index < -0.39 is 10.1 Å². The molecule has 1 heterocycles. The second-order valence-electron chi connectivity index (χ2n) is 7.96. The molecule has 0 N–H and O–H groups in total. The molecule has 3 rings (SSSR count). The molecule has 38 heavy (non-hydrogen) atoms. The zero-order valence-corrected chi connectivity index (χ0v) is 21.9. The Hall–Kier alpha value is -2.71. The van der Waals surface area contributed by atoms with Gasteiger partial charge in [-0.15, -0.1) is 0 Å². The summed E-state index contributed by atoms with van der Waals surface area (Å²) < 4.78 is 55.7. The van der Waals surface area contributed by atoms with Crippen molar-refractivity contribution in [2.24, 2.45) is 0 Å². The van der Waals surface area contributed by atoms with Gasteiger partial charge < -0.3 is 23.7 Å². The van der Waals surface area contributed by atoms with Gasteiger partial charge in [-0.1, -0.05) is 30.3 Å². The lowest BCUT2D eigenvalue weighted by atomic mass is 10.1. The fourth-order valence-electron chi connectivity index (χ4n) is 3.44. The average molecular weight is 552 g/mol. The van der Waals surface area contributed by atoms with E-state index in [0.29, 0.717) is 64.0 Å². The van der Waals surface area contributed by atoms with Crippen LogP contribution in [0.2, 0.25) is 0 Å². The third kappa shape index (κ3) is 9.55. The minimum atomic E-state index is -3.77. The van der Waals surface area contributed by atoms with Gasteiger partial charge in [-0.2, -0.15) is 8.42 Å². The maximum absolute atomic E-state index is 12.3. The van der Waals surface area contributed by atoms with Crippen molar-refractivity contribution in [2.75, 3.05) is 79.2 Å². The monoisotopic (exact) mass is 551 g/mol. The maximum atomic E-state index is 12.3. The average Bonchev–Trinajstić information content (AvgIpc) is 3.17. The van der Waals surface area contributed by atoms with Gasteiger partial charge in [-0.3, -0.25) is 18.7 Å². The van der Waals surface area contributed by atoms with Crippen molar-refractivity contribution in [3.63, 3.8) is 0 Å². The number of carbonyl (C=O) groups is 2. The van der Waals surface area contributed by atoms with E-state index in [1.54, 1.807) is 42.5 Å². The van der Waals surface area contributed by atoms with Crippen LogP contribution in [0, 0.1) is 0 Å². The van der Waals surface area contributed by atoms with E-state index in [4.69, 9.17) is 27.9 Å². The first-order valence-corrected chi connectivity index (χ1v) is 13.7. The van der Waals surface area contributed by atoms with Crippen LogP contribution < -0.4 is 0 Å². The summed E-state index contributed by atoms with van der Waals surface area (Å²) in [5.74, 6) is -0.582. The lowest BCUT2D eigenvalue weighted by Gasteiger charge is -2.13. The molecule has 0 spiro atoms. The number of nitrogens with zero attached hydrogens (tertiary/aromatic N) is 1. The maximum Gasteiger partial charge on any atom is 0.297 e. The van der Waals surface area contributed by atoms with E-state index in [1.807, 2.05) is 0 Å². The topological polar surface area (TPSA) is 127 Å². The van der Waals surface area contributed by atoms with Gasteiger partial charge in [-0.25, -0.2) is 0 Å². The normalized spacial score (nSPS) is 13.3. The van der Waals surface area contributed by atoms with Crippen LogP contribution in [0.4, 0.5) is 0 Å². The number of fused-ring (bicyclic) bond motifs is 1. The highest BCUT2D eigenvalue weighted by atomic mass is 32.2. The molecule has 2 aromatic carbocycles. The third-order valence-corrected chi connectivity index (χ3v) is 6.65. The minimum Gasteiger partial charge on any atom is -0.377 e. The van der Waals surface area contributed by atoms with Crippen LogP contribution in [0.3, 0.4) is 0 Å². The predicted octanol–water partition coefficient (Wildman–Crippen LogP) is 1.77. The van der Waals surface area contributed by atoms with Gasteiger partial charge in [0.05, 0.1) is 95.2 Å². The second-order valence-corrected chi connectivity index (χ2v) is 9.57. The number of rotatable bonds is 20. The summed E-state index contributed by atoms with van der Waals surface area (Å²) in [6, 6.07) is 14.7. The molecule has 1 aliphatic rings. The number of hydrogen-bond donors (Lipinski definition) is 0. The van der Waals surface area contributed by atoms with Crippen molar-refractivity contribution in [1.29, 1.82) is 0 Å². The van der Waals surface area contributed by atoms with Crippen molar-refractivity contribution >= 4 is 21.9 Å². The fourth-order valence-corrected chi connectivity index (χ4v) is 4.35. The minimum absolute atomic E-state index is 0.0715. The highest BCUT2D eigenvalue weighted by Crippen LogP contribution is 2.21. The zero-order valence-electron chi connectivity index (χ0n) is 21.1. The lowest BCUT2D eigenvalue weighted by molar-refractivity contribution is -0.0132. The Morgan fingerprint density at radius 3 is 1.39 bits per heavy atom. The van der Waals surface area contributed by atoms with Gasteiger partial charge in [-0.05, 0) is 24.3 Å². The first kappa shape index (κ1) is 29.8. The Balaban J connectivity index is 1.05. The number of amides is 2. The van der Waals surface area contributed by atoms with Crippen molar-refractivity contribution < 1.29 is 45.9 Å². The van der Waals surface area contributed by atoms with Crippen molar-refractivity contribution in [3.05, 3.63) is 65.7 Å². The first-order chi connectivity index (χ1) is 18.5. The molecule has 0 saturated heterocycles. The van der Waals surface area contributed by atoms with Gasteiger partial charge in [0.25, 0.3) is 21.9 Å². The molecule has 2 aromatic rings. The summed E-state index contributed by atoms with van der Waals surface area (Å²) in [5, 5.41) is 0. The van der Waals surface area contributed by atoms with Gasteiger partial charge in [0.2, 0.25) is 0 Å². The number of benzene rings is 2. The molecule has 0 fully saturated rings. The summed E-state index contributed by atoms with van der Waals surface area (Å²) in [4.78, 5) is 25.8. The molecular weight excluding hydrogens is 518 g/mol. The number of ether oxygens (including phenoxy) is 5. The van der Waals surface area contributed by atoms with E-state index >= 15 is 0 Å². The van der Waals surface area contributed by atoms with Gasteiger partial charge in [0.1, 0.15) is 0 Å². The van der Waals surface area contributed by atoms with E-state index in [0.717, 1.165) is 0 Å². The standard InChI is InChI=1S/C26H33NO10S/c28-25-23-8-4-5-9-24(23)26(29)27(25)10-11-32-12-13-33-14-15-34-16-17-35-18-19-36-20-21-37-38(30,31)22-6-2-1-3-7-22/h1-9H,10-21H2. The quantitative estimate of drug-likeness (QED) is 0.136. The Morgan fingerprint density at radius 2 is 0.921 bits per heavy atom. The van der Waals surface area contributed by atoms with Crippen LogP contribution in [0.5, 0.6) is 0 Å². The van der Waals surface area contributed by atoms with E-state index in [2.05, 4.69) is 0 Å². The van der Waals surface area contributed by atoms with Gasteiger partial charge >= 0.3 is 0 Å². The Morgan fingerprint density at radius 1 is 0.526 bits per heavy atom. The summed E-state index contributed by atoms with van der Waals surface area (Å²) in [6.07, 6.45) is 0. The van der Waals surface area contributed by atoms with Crippen LogP contribution in [-0.4, -0.2) is 104 Å². The third-order valence-electron chi connectivity index (χ3n) is 5.32. The van der Waals surface area contributed by atoms with Crippen molar-refractivity contribution in [3.8, 4) is 0 Å². The molecule has 0 aliphatic carbocycles. The van der Waals surface area contributed by atoms with Crippen molar-refractivity contribution in [1.82, 2.24) is 4.90 Å². The Bertz CT molecular complexity index is 1080. The molecule has 0 atom stereocenters. The Kier molecular flexibility index (Phi) is 12.8. The molecule has 11 nitrogen and oxygen atoms in total. The van der Waals surface area contributed by atoms with E-state index in [9.17, 15) is 18.0 Å². The van der Waals surface area contributed by atoms with Gasteiger partial charge in [0.15, 0.2) is 0 Å². The first-order valence-electron chi connectivity index (χ1n) is 12.3. The van der Waals surface area contributed by atoms with Crippen LogP contribution >= 0.6 is 0 Å². The molecule has 2 amide bonds. The Labute approximate surface area is 222 Å². The smallest absolute Gasteiger partial charge is 0.297 e. The van der Waals surface area contributed by atoms with Crippen LogP contribution in [0.1, 0.15) is 20.7 Å². The summed E-state index contributed by atoms with van der Waals surface area (Å²) >= 11 is 0. The molecule has 208 valence electrons. The van der Waals surface area contributed by atoms with Crippen LogP contribution in [-0.2, 0) is 38.0 Å². The van der Waals surface area contributed by atoms with Gasteiger partial charge in [0, 0.05) is 0 Å². The number of imide groups is 1. The fraction of sp³-hybridized carbons (Fsp3) is 0.462. The van der Waals surface area contributed by atoms with Crippen LogP contribution in [0.15, 0.2) is 59.5 Å². The molecule has 0 aromatic heterocycles. The molecule has 1 aliphatic heterocycles. The molecule has 0 unspecified atom stereocenters. The molecule has 12 heteroatoms. The summed E-state index contributed by atoms with van der Waals surface area (Å²) in [5.41, 5.74) is 0.860. The number of hydrogen-bond acceptors (Lipinski definition) is 10. The largest absolute Gasteiger partial charge is 0.377 e. The summed E-state index contributed by atoms with van der Waals surface area (Å²) in [7, 11) is -3.77. The second kappa shape index (κ2) is 16.3. The predicted molar refractivity (Wildman–Crippen MR) is 135 cm³/mol. The lowest BCUT2D eigenvalue weighted by Crippen LogP contribution is -2.33. The molecule has 0 saturated carbocycles. The highest BCUT2D eigenvalue weighted by Gasteiger charge is 2.34. The number of carbonyl (C=O) groups excluding carboxylic acids is 2. The van der Waals surface area contributed by atoms with E-state index in [1.165, 1.54) is 17.0 Å². The SMILES string of the molecule is O=C1c2ccccc2C(=O)N1CCOCCOCCOCCOCCOCCOS(=O)(=O)c1ccccc1. The van der Waals surface area contributed by atoms with E-state index in [-0.39, 0.29) is 43.1 Å².